The Kier molecular flexibility index (Phi) is 4.36. The molecule has 0 aromatic heterocycles. The van der Waals surface area contributed by atoms with Crippen molar-refractivity contribution in [3.8, 4) is 0 Å². The van der Waals surface area contributed by atoms with Gasteiger partial charge < -0.3 is 9.84 Å². The van der Waals surface area contributed by atoms with E-state index in [-0.39, 0.29) is 17.8 Å². The Morgan fingerprint density at radius 2 is 2.06 bits per heavy atom. The van der Waals surface area contributed by atoms with Crippen LogP contribution in [0.2, 0.25) is 0 Å². The molecule has 3 nitrogen and oxygen atoms in total. The summed E-state index contributed by atoms with van der Waals surface area (Å²) in [5.41, 5.74) is 0. The highest BCUT2D eigenvalue weighted by Gasteiger charge is 2.27. The molecule has 0 spiro atoms. The first kappa shape index (κ1) is 12.1. The third kappa shape index (κ3) is 3.29. The number of ketones is 1. The summed E-state index contributed by atoms with van der Waals surface area (Å²) >= 11 is 0. The molecule has 1 aliphatic heterocycles. The molecule has 2 aliphatic rings. The van der Waals surface area contributed by atoms with Gasteiger partial charge in [-0.1, -0.05) is 25.7 Å². The molecule has 2 rings (SSSR count). The molecule has 1 saturated carbocycles. The van der Waals surface area contributed by atoms with Crippen molar-refractivity contribution >= 4 is 5.78 Å². The van der Waals surface area contributed by atoms with Crippen LogP contribution in [0.5, 0.6) is 0 Å². The van der Waals surface area contributed by atoms with Crippen molar-refractivity contribution in [1.82, 2.24) is 0 Å². The van der Waals surface area contributed by atoms with Gasteiger partial charge in [-0.2, -0.15) is 0 Å². The van der Waals surface area contributed by atoms with Crippen LogP contribution in [0.15, 0.2) is 0 Å². The summed E-state index contributed by atoms with van der Waals surface area (Å²) in [4.78, 5) is 11.6. The zero-order valence-electron chi connectivity index (χ0n) is 9.86. The van der Waals surface area contributed by atoms with E-state index in [2.05, 4.69) is 0 Å². The minimum atomic E-state index is -0.307. The topological polar surface area (TPSA) is 46.5 Å². The molecule has 16 heavy (non-hydrogen) atoms. The highest BCUT2D eigenvalue weighted by Crippen LogP contribution is 2.30. The maximum absolute atomic E-state index is 11.6. The number of ether oxygens (including phenoxy) is 1. The lowest BCUT2D eigenvalue weighted by atomic mass is 9.90. The lowest BCUT2D eigenvalue weighted by Gasteiger charge is -2.24. The van der Waals surface area contributed by atoms with Crippen LogP contribution in [-0.4, -0.2) is 30.2 Å². The molecule has 1 N–H and O–H groups in total. The van der Waals surface area contributed by atoms with Gasteiger partial charge in [0.15, 0.2) is 0 Å². The second-order valence-corrected chi connectivity index (χ2v) is 5.26. The summed E-state index contributed by atoms with van der Waals surface area (Å²) in [7, 11) is 0. The Bertz CT molecular complexity index is 233. The highest BCUT2D eigenvalue weighted by atomic mass is 16.5. The molecular weight excluding hydrogens is 204 g/mol. The van der Waals surface area contributed by atoms with Gasteiger partial charge in [0.2, 0.25) is 0 Å². The van der Waals surface area contributed by atoms with Gasteiger partial charge >= 0.3 is 0 Å². The third-order valence-electron chi connectivity index (χ3n) is 3.90. The van der Waals surface area contributed by atoms with E-state index in [1.165, 1.54) is 25.7 Å². The van der Waals surface area contributed by atoms with Crippen molar-refractivity contribution in [3.63, 3.8) is 0 Å². The van der Waals surface area contributed by atoms with Crippen molar-refractivity contribution in [2.24, 2.45) is 11.8 Å². The molecule has 0 bridgehead atoms. The van der Waals surface area contributed by atoms with E-state index in [0.29, 0.717) is 32.0 Å². The fourth-order valence-corrected chi connectivity index (χ4v) is 2.95. The smallest absolute Gasteiger partial charge is 0.140 e. The molecule has 1 aliphatic carbocycles. The van der Waals surface area contributed by atoms with Crippen LogP contribution in [0.25, 0.3) is 0 Å². The number of aliphatic hydroxyl groups excluding tert-OH is 1. The zero-order chi connectivity index (χ0) is 11.4. The van der Waals surface area contributed by atoms with Crippen LogP contribution in [0.3, 0.4) is 0 Å². The molecule has 0 aromatic carbocycles. The average Bonchev–Trinajstić information content (AvgIpc) is 2.74. The first-order chi connectivity index (χ1) is 7.75. The second-order valence-electron chi connectivity index (χ2n) is 5.26. The number of carbonyl (C=O) groups excluding carboxylic acids is 1. The molecule has 92 valence electrons. The minimum absolute atomic E-state index is 0.0508. The van der Waals surface area contributed by atoms with E-state index in [0.717, 1.165) is 6.42 Å². The van der Waals surface area contributed by atoms with Gasteiger partial charge in [-0.05, 0) is 18.8 Å². The van der Waals surface area contributed by atoms with Crippen LogP contribution in [-0.2, 0) is 9.53 Å². The van der Waals surface area contributed by atoms with Crippen LogP contribution >= 0.6 is 0 Å². The number of Topliss-reactive ketones (excluding diaryl/α,β-unsaturated/α-hetero) is 1. The molecule has 2 unspecified atom stereocenters. The standard InChI is InChI=1S/C13H22O3/c14-12(7-10-3-1-2-4-10)8-11-9-16-6-5-13(11)15/h10-12,14H,1-9H2. The third-order valence-corrected chi connectivity index (χ3v) is 3.90. The van der Waals surface area contributed by atoms with Crippen molar-refractivity contribution in [1.29, 1.82) is 0 Å². The molecule has 2 fully saturated rings. The number of hydrogen-bond donors (Lipinski definition) is 1. The van der Waals surface area contributed by atoms with E-state index in [1.807, 2.05) is 0 Å². The van der Waals surface area contributed by atoms with Gasteiger partial charge in [-0.25, -0.2) is 0 Å². The van der Waals surface area contributed by atoms with E-state index in [1.54, 1.807) is 0 Å². The largest absolute Gasteiger partial charge is 0.393 e. The normalized spacial score (nSPS) is 29.6. The van der Waals surface area contributed by atoms with Crippen LogP contribution in [0, 0.1) is 11.8 Å². The van der Waals surface area contributed by atoms with Gasteiger partial charge in [0.05, 0.1) is 19.3 Å². The van der Waals surface area contributed by atoms with Crippen molar-refractivity contribution in [2.75, 3.05) is 13.2 Å². The molecule has 3 heteroatoms. The predicted octanol–water partition coefficient (Wildman–Crippen LogP) is 1.92. The van der Waals surface area contributed by atoms with Crippen molar-refractivity contribution in [3.05, 3.63) is 0 Å². The van der Waals surface area contributed by atoms with E-state index in [4.69, 9.17) is 4.74 Å². The van der Waals surface area contributed by atoms with Gasteiger partial charge in [-0.3, -0.25) is 4.79 Å². The molecule has 0 aromatic rings. The maximum Gasteiger partial charge on any atom is 0.140 e. The zero-order valence-corrected chi connectivity index (χ0v) is 9.86. The molecular formula is C13H22O3. The molecule has 1 saturated heterocycles. The Morgan fingerprint density at radius 1 is 1.31 bits per heavy atom. The lowest BCUT2D eigenvalue weighted by molar-refractivity contribution is -0.132. The Hall–Kier alpha value is -0.410. The van der Waals surface area contributed by atoms with Crippen LogP contribution < -0.4 is 0 Å². The SMILES string of the molecule is O=C1CCOCC1CC(O)CC1CCCC1. The van der Waals surface area contributed by atoms with Gasteiger partial charge in [0.1, 0.15) is 5.78 Å². The summed E-state index contributed by atoms with van der Waals surface area (Å²) < 4.78 is 5.29. The number of rotatable bonds is 4. The van der Waals surface area contributed by atoms with E-state index in [9.17, 15) is 9.90 Å². The first-order valence-electron chi connectivity index (χ1n) is 6.54. The van der Waals surface area contributed by atoms with Crippen LogP contribution in [0.1, 0.15) is 44.9 Å². The maximum atomic E-state index is 11.6. The predicted molar refractivity (Wildman–Crippen MR) is 61.1 cm³/mol. The van der Waals surface area contributed by atoms with Gasteiger partial charge in [-0.15, -0.1) is 0 Å². The molecule has 0 radical (unpaired) electrons. The Morgan fingerprint density at radius 3 is 2.75 bits per heavy atom. The van der Waals surface area contributed by atoms with Crippen molar-refractivity contribution < 1.29 is 14.6 Å². The minimum Gasteiger partial charge on any atom is -0.393 e. The Labute approximate surface area is 97.2 Å². The van der Waals surface area contributed by atoms with Crippen LogP contribution in [0.4, 0.5) is 0 Å². The molecule has 2 atom stereocenters. The number of aliphatic hydroxyl groups is 1. The fraction of sp³-hybridized carbons (Fsp3) is 0.923. The average molecular weight is 226 g/mol. The fourth-order valence-electron chi connectivity index (χ4n) is 2.95. The summed E-state index contributed by atoms with van der Waals surface area (Å²) in [6.45, 7) is 1.08. The van der Waals surface area contributed by atoms with E-state index >= 15 is 0 Å². The second kappa shape index (κ2) is 5.78. The summed E-state index contributed by atoms with van der Waals surface area (Å²) in [6, 6.07) is 0. The van der Waals surface area contributed by atoms with Gasteiger partial charge in [0.25, 0.3) is 0 Å². The molecule has 1 heterocycles. The monoisotopic (exact) mass is 226 g/mol. The molecule has 0 amide bonds. The lowest BCUT2D eigenvalue weighted by Crippen LogP contribution is -2.31. The first-order valence-corrected chi connectivity index (χ1v) is 6.54. The van der Waals surface area contributed by atoms with Gasteiger partial charge in [0, 0.05) is 12.3 Å². The number of hydrogen-bond acceptors (Lipinski definition) is 3. The Balaban J connectivity index is 1.72. The number of carbonyl (C=O) groups is 1. The summed E-state index contributed by atoms with van der Waals surface area (Å²) in [5, 5.41) is 9.97. The highest BCUT2D eigenvalue weighted by molar-refractivity contribution is 5.81. The van der Waals surface area contributed by atoms with Crippen molar-refractivity contribution in [2.45, 2.75) is 51.0 Å². The van der Waals surface area contributed by atoms with E-state index < -0.39 is 0 Å². The summed E-state index contributed by atoms with van der Waals surface area (Å²) in [6.07, 6.45) is 6.84. The quantitative estimate of drug-likeness (QED) is 0.796. The summed E-state index contributed by atoms with van der Waals surface area (Å²) in [5.74, 6) is 0.913.